The Balaban J connectivity index is 1.84. The predicted molar refractivity (Wildman–Crippen MR) is 95.3 cm³/mol. The van der Waals surface area contributed by atoms with Crippen LogP contribution in [0.25, 0.3) is 10.9 Å². The molecular formula is C18H13N3O4S. The molecule has 0 aliphatic rings. The van der Waals surface area contributed by atoms with Crippen molar-refractivity contribution in [2.75, 3.05) is 6.26 Å². The zero-order valence-electron chi connectivity index (χ0n) is 13.6. The van der Waals surface area contributed by atoms with Crippen LogP contribution in [0.5, 0.6) is 11.5 Å². The molecule has 0 spiro atoms. The van der Waals surface area contributed by atoms with Crippen LogP contribution in [0.15, 0.2) is 54.6 Å². The number of carbonyl (C=O) groups is 1. The van der Waals surface area contributed by atoms with Gasteiger partial charge in [-0.2, -0.15) is 5.26 Å². The van der Waals surface area contributed by atoms with Crippen molar-refractivity contribution >= 4 is 26.8 Å². The van der Waals surface area contributed by atoms with Gasteiger partial charge in [-0.1, -0.05) is 6.07 Å². The molecule has 2 aromatic carbocycles. The van der Waals surface area contributed by atoms with Gasteiger partial charge in [-0.25, -0.2) is 18.1 Å². The molecule has 1 amide bonds. The van der Waals surface area contributed by atoms with E-state index in [4.69, 9.17) is 10.00 Å². The molecule has 0 radical (unpaired) electrons. The molecule has 0 fully saturated rings. The Morgan fingerprint density at radius 2 is 1.77 bits per heavy atom. The van der Waals surface area contributed by atoms with Crippen LogP contribution in [0.3, 0.4) is 0 Å². The highest BCUT2D eigenvalue weighted by Crippen LogP contribution is 2.25. The molecule has 0 saturated heterocycles. The fourth-order valence-electron chi connectivity index (χ4n) is 2.25. The minimum Gasteiger partial charge on any atom is -0.457 e. The molecule has 0 aliphatic carbocycles. The number of rotatable bonds is 4. The third-order valence-electron chi connectivity index (χ3n) is 3.39. The number of amides is 1. The molecule has 7 nitrogen and oxygen atoms in total. The SMILES string of the molecule is CS(=O)(=O)NC(=O)c1ccc2cc(Oc3ccc(C#N)cc3)ccc2n1. The van der Waals surface area contributed by atoms with Crippen molar-refractivity contribution in [1.29, 1.82) is 5.26 Å². The summed E-state index contributed by atoms with van der Waals surface area (Å²) in [4.78, 5) is 16.0. The van der Waals surface area contributed by atoms with Gasteiger partial charge in [0.1, 0.15) is 17.2 Å². The van der Waals surface area contributed by atoms with Crippen LogP contribution in [0.4, 0.5) is 0 Å². The topological polar surface area (TPSA) is 109 Å². The van der Waals surface area contributed by atoms with E-state index in [1.165, 1.54) is 6.07 Å². The number of ether oxygens (including phenoxy) is 1. The van der Waals surface area contributed by atoms with E-state index in [2.05, 4.69) is 4.98 Å². The third kappa shape index (κ3) is 4.15. The summed E-state index contributed by atoms with van der Waals surface area (Å²) in [7, 11) is -3.65. The van der Waals surface area contributed by atoms with Gasteiger partial charge < -0.3 is 4.74 Å². The molecule has 0 saturated carbocycles. The number of hydrogen-bond donors (Lipinski definition) is 1. The maximum atomic E-state index is 11.9. The zero-order chi connectivity index (χ0) is 18.7. The molecule has 3 rings (SSSR count). The first-order valence-electron chi connectivity index (χ1n) is 7.45. The Labute approximate surface area is 149 Å². The van der Waals surface area contributed by atoms with Crippen LogP contribution in [0.2, 0.25) is 0 Å². The lowest BCUT2D eigenvalue weighted by Gasteiger charge is -2.08. The summed E-state index contributed by atoms with van der Waals surface area (Å²) in [5, 5.41) is 9.53. The molecule has 0 unspecified atom stereocenters. The van der Waals surface area contributed by atoms with Crippen LogP contribution in [0.1, 0.15) is 16.1 Å². The van der Waals surface area contributed by atoms with Crippen LogP contribution >= 0.6 is 0 Å². The molecule has 1 aromatic heterocycles. The van der Waals surface area contributed by atoms with Gasteiger partial charge in [-0.05, 0) is 48.5 Å². The number of pyridine rings is 1. The maximum absolute atomic E-state index is 11.9. The van der Waals surface area contributed by atoms with E-state index < -0.39 is 15.9 Å². The maximum Gasteiger partial charge on any atom is 0.283 e. The molecule has 26 heavy (non-hydrogen) atoms. The number of aromatic nitrogens is 1. The Bertz CT molecular complexity index is 1130. The summed E-state index contributed by atoms with van der Waals surface area (Å²) in [6.45, 7) is 0. The van der Waals surface area contributed by atoms with Gasteiger partial charge in [0.15, 0.2) is 0 Å². The number of fused-ring (bicyclic) bond motifs is 1. The van der Waals surface area contributed by atoms with E-state index in [-0.39, 0.29) is 5.69 Å². The lowest BCUT2D eigenvalue weighted by molar-refractivity contribution is 0.0977. The first kappa shape index (κ1) is 17.4. The second kappa shape index (κ2) is 6.82. The highest BCUT2D eigenvalue weighted by Gasteiger charge is 2.13. The number of sulfonamides is 1. The summed E-state index contributed by atoms with van der Waals surface area (Å²) in [6, 6.07) is 16.9. The third-order valence-corrected chi connectivity index (χ3v) is 3.95. The van der Waals surface area contributed by atoms with Gasteiger partial charge >= 0.3 is 0 Å². The van der Waals surface area contributed by atoms with E-state index in [1.54, 1.807) is 48.5 Å². The van der Waals surface area contributed by atoms with Gasteiger partial charge in [0.05, 0.1) is 23.4 Å². The fourth-order valence-corrected chi connectivity index (χ4v) is 2.69. The summed E-state index contributed by atoms with van der Waals surface area (Å²) < 4.78 is 29.9. The summed E-state index contributed by atoms with van der Waals surface area (Å²) in [5.74, 6) is 0.366. The van der Waals surface area contributed by atoms with Crippen molar-refractivity contribution in [3.05, 3.63) is 65.9 Å². The number of benzene rings is 2. The van der Waals surface area contributed by atoms with Crippen LogP contribution in [-0.4, -0.2) is 25.6 Å². The Morgan fingerprint density at radius 1 is 1.08 bits per heavy atom. The number of nitriles is 1. The second-order valence-corrected chi connectivity index (χ2v) is 7.24. The van der Waals surface area contributed by atoms with Crippen molar-refractivity contribution < 1.29 is 17.9 Å². The standard InChI is InChI=1S/C18H13N3O4S/c1-26(23,24)21-18(22)17-8-4-13-10-15(7-9-16(13)20-17)25-14-5-2-12(11-19)3-6-14/h2-10H,1H3,(H,21,22). The normalized spacial score (nSPS) is 10.9. The van der Waals surface area contributed by atoms with Gasteiger partial charge in [-0.15, -0.1) is 0 Å². The molecule has 0 aliphatic heterocycles. The highest BCUT2D eigenvalue weighted by atomic mass is 32.2. The lowest BCUT2D eigenvalue weighted by Crippen LogP contribution is -2.29. The summed E-state index contributed by atoms with van der Waals surface area (Å²) in [6.07, 6.45) is 0.902. The molecule has 0 bridgehead atoms. The molecular weight excluding hydrogens is 354 g/mol. The fraction of sp³-hybridized carbons (Fsp3) is 0.0556. The van der Waals surface area contributed by atoms with Crippen molar-refractivity contribution in [1.82, 2.24) is 9.71 Å². The van der Waals surface area contributed by atoms with Gasteiger partial charge in [-0.3, -0.25) is 4.79 Å². The van der Waals surface area contributed by atoms with E-state index in [1.807, 2.05) is 10.8 Å². The van der Waals surface area contributed by atoms with Crippen molar-refractivity contribution in [3.8, 4) is 17.6 Å². The lowest BCUT2D eigenvalue weighted by atomic mass is 10.2. The van der Waals surface area contributed by atoms with Crippen LogP contribution < -0.4 is 9.46 Å². The number of nitrogens with one attached hydrogen (secondary N) is 1. The van der Waals surface area contributed by atoms with Crippen molar-refractivity contribution in [3.63, 3.8) is 0 Å². The van der Waals surface area contributed by atoms with Gasteiger partial charge in [0.2, 0.25) is 10.0 Å². The Morgan fingerprint density at radius 3 is 2.42 bits per heavy atom. The number of carbonyl (C=O) groups excluding carboxylic acids is 1. The minimum atomic E-state index is -3.65. The summed E-state index contributed by atoms with van der Waals surface area (Å²) in [5.41, 5.74) is 1.07. The molecule has 8 heteroatoms. The van der Waals surface area contributed by atoms with Gasteiger partial charge in [0.25, 0.3) is 5.91 Å². The zero-order valence-corrected chi connectivity index (χ0v) is 14.4. The van der Waals surface area contributed by atoms with Crippen molar-refractivity contribution in [2.24, 2.45) is 0 Å². The minimum absolute atomic E-state index is 0.00341. The summed E-state index contributed by atoms with van der Waals surface area (Å²) >= 11 is 0. The quantitative estimate of drug-likeness (QED) is 0.759. The Hall–Kier alpha value is -3.44. The largest absolute Gasteiger partial charge is 0.457 e. The van der Waals surface area contributed by atoms with Gasteiger partial charge in [0, 0.05) is 5.39 Å². The van der Waals surface area contributed by atoms with Crippen LogP contribution in [0, 0.1) is 11.3 Å². The molecule has 130 valence electrons. The number of hydrogen-bond acceptors (Lipinski definition) is 6. The molecule has 0 atom stereocenters. The van der Waals surface area contributed by atoms with Crippen molar-refractivity contribution in [2.45, 2.75) is 0 Å². The predicted octanol–water partition coefficient (Wildman–Crippen LogP) is 2.59. The highest BCUT2D eigenvalue weighted by molar-refractivity contribution is 7.89. The van der Waals surface area contributed by atoms with E-state index in [9.17, 15) is 13.2 Å². The van der Waals surface area contributed by atoms with E-state index in [0.717, 1.165) is 11.6 Å². The monoisotopic (exact) mass is 367 g/mol. The van der Waals surface area contributed by atoms with Crippen LogP contribution in [-0.2, 0) is 10.0 Å². The second-order valence-electron chi connectivity index (χ2n) is 5.49. The first-order chi connectivity index (χ1) is 12.3. The van der Waals surface area contributed by atoms with E-state index >= 15 is 0 Å². The molecule has 3 aromatic rings. The average molecular weight is 367 g/mol. The average Bonchev–Trinajstić information content (AvgIpc) is 2.60. The van der Waals surface area contributed by atoms with E-state index in [0.29, 0.717) is 22.6 Å². The molecule has 1 heterocycles. The first-order valence-corrected chi connectivity index (χ1v) is 9.34. The smallest absolute Gasteiger partial charge is 0.283 e. The Kier molecular flexibility index (Phi) is 4.56. The number of nitrogens with zero attached hydrogens (tertiary/aromatic N) is 2. The molecule has 1 N–H and O–H groups in total.